The Morgan fingerprint density at radius 2 is 2.00 bits per heavy atom. The molecule has 2 rings (SSSR count). The zero-order valence-electron chi connectivity index (χ0n) is 10.7. The van der Waals surface area contributed by atoms with Crippen molar-refractivity contribution < 1.29 is 17.9 Å². The molecule has 1 heterocycles. The molecule has 0 bridgehead atoms. The normalized spacial score (nSPS) is 11.0. The predicted octanol–water partition coefficient (Wildman–Crippen LogP) is 3.13. The van der Waals surface area contributed by atoms with Crippen molar-refractivity contribution in [2.75, 3.05) is 5.73 Å². The van der Waals surface area contributed by atoms with Crippen LogP contribution in [0, 0.1) is 11.3 Å². The van der Waals surface area contributed by atoms with Crippen molar-refractivity contribution in [1.29, 1.82) is 5.26 Å². The Kier molecular flexibility index (Phi) is 3.98. The maximum atomic E-state index is 12.9. The third-order valence-corrected chi connectivity index (χ3v) is 2.63. The minimum absolute atomic E-state index is 0.0863. The van der Waals surface area contributed by atoms with Crippen molar-refractivity contribution in [1.82, 2.24) is 4.98 Å². The van der Waals surface area contributed by atoms with E-state index in [1.165, 1.54) is 18.3 Å². The number of hydrogen-bond acceptors (Lipinski definition) is 4. The lowest BCUT2D eigenvalue weighted by molar-refractivity contribution is -0.139. The van der Waals surface area contributed by atoms with Gasteiger partial charge in [0, 0.05) is 11.9 Å². The van der Waals surface area contributed by atoms with E-state index in [1.807, 2.05) is 0 Å². The van der Waals surface area contributed by atoms with Crippen LogP contribution in [0.15, 0.2) is 36.5 Å². The average molecular weight is 293 g/mol. The average Bonchev–Trinajstić information content (AvgIpc) is 2.44. The molecule has 0 atom stereocenters. The zero-order chi connectivity index (χ0) is 15.5. The molecule has 21 heavy (non-hydrogen) atoms. The molecule has 0 aliphatic carbocycles. The molecule has 0 unspecified atom stereocenters. The number of nitrogens with two attached hydrogens (primary N) is 1. The van der Waals surface area contributed by atoms with Gasteiger partial charge in [-0.15, -0.1) is 0 Å². The van der Waals surface area contributed by atoms with Crippen LogP contribution >= 0.6 is 0 Å². The molecule has 4 nitrogen and oxygen atoms in total. The number of halogens is 3. The largest absolute Gasteiger partial charge is 0.487 e. The molecule has 2 N–H and O–H groups in total. The number of aromatic nitrogens is 1. The van der Waals surface area contributed by atoms with E-state index in [9.17, 15) is 13.2 Å². The van der Waals surface area contributed by atoms with Gasteiger partial charge in [0.25, 0.3) is 0 Å². The second-order valence-electron chi connectivity index (χ2n) is 4.19. The molecular weight excluding hydrogens is 283 g/mol. The van der Waals surface area contributed by atoms with Gasteiger partial charge in [0.1, 0.15) is 12.4 Å². The van der Waals surface area contributed by atoms with Gasteiger partial charge in [-0.25, -0.2) is 0 Å². The number of pyridine rings is 1. The van der Waals surface area contributed by atoms with Gasteiger partial charge in [-0.05, 0) is 30.3 Å². The maximum Gasteiger partial charge on any atom is 0.420 e. The first-order valence-corrected chi connectivity index (χ1v) is 5.84. The van der Waals surface area contributed by atoms with Gasteiger partial charge in [0.15, 0.2) is 0 Å². The van der Waals surface area contributed by atoms with Gasteiger partial charge in [-0.1, -0.05) is 0 Å². The molecule has 108 valence electrons. The van der Waals surface area contributed by atoms with Gasteiger partial charge in [0.05, 0.1) is 22.9 Å². The van der Waals surface area contributed by atoms with Crippen LogP contribution in [0.5, 0.6) is 5.75 Å². The van der Waals surface area contributed by atoms with Gasteiger partial charge >= 0.3 is 6.18 Å². The van der Waals surface area contributed by atoms with Crippen molar-refractivity contribution in [3.63, 3.8) is 0 Å². The highest BCUT2D eigenvalue weighted by Gasteiger charge is 2.34. The monoisotopic (exact) mass is 293 g/mol. The van der Waals surface area contributed by atoms with Gasteiger partial charge in [-0.2, -0.15) is 18.4 Å². The number of nitriles is 1. The summed E-state index contributed by atoms with van der Waals surface area (Å²) in [5.74, 6) is -0.356. The molecule has 1 aromatic heterocycles. The van der Waals surface area contributed by atoms with Crippen LogP contribution < -0.4 is 10.5 Å². The van der Waals surface area contributed by atoms with Crippen molar-refractivity contribution in [3.8, 4) is 11.8 Å². The van der Waals surface area contributed by atoms with E-state index in [0.717, 1.165) is 12.1 Å². The second kappa shape index (κ2) is 5.71. The highest BCUT2D eigenvalue weighted by atomic mass is 19.4. The van der Waals surface area contributed by atoms with E-state index in [2.05, 4.69) is 4.98 Å². The van der Waals surface area contributed by atoms with Gasteiger partial charge < -0.3 is 10.5 Å². The fourth-order valence-electron chi connectivity index (χ4n) is 1.67. The minimum atomic E-state index is -4.61. The third-order valence-electron chi connectivity index (χ3n) is 2.63. The highest BCUT2D eigenvalue weighted by molar-refractivity contribution is 5.44. The molecule has 0 saturated heterocycles. The van der Waals surface area contributed by atoms with Crippen LogP contribution in [-0.4, -0.2) is 4.98 Å². The lowest BCUT2D eigenvalue weighted by Gasteiger charge is -2.14. The fourth-order valence-corrected chi connectivity index (χ4v) is 1.67. The molecule has 0 saturated carbocycles. The minimum Gasteiger partial charge on any atom is -0.487 e. The van der Waals surface area contributed by atoms with Crippen LogP contribution in [0.3, 0.4) is 0 Å². The number of nitrogen functional groups attached to an aromatic ring is 1. The van der Waals surface area contributed by atoms with E-state index in [1.54, 1.807) is 12.1 Å². The van der Waals surface area contributed by atoms with E-state index in [-0.39, 0.29) is 17.9 Å². The molecule has 0 aliphatic heterocycles. The van der Waals surface area contributed by atoms with Crippen LogP contribution in [0.2, 0.25) is 0 Å². The standard InChI is InChI=1S/C14H10F3N3O/c15-14(16,17)12-5-9(7-18)1-2-13(12)21-8-11-6-10(19)3-4-20-11/h1-6H,8H2,(H2,19,20). The molecule has 7 heteroatoms. The van der Waals surface area contributed by atoms with Crippen molar-refractivity contribution >= 4 is 5.69 Å². The molecule has 0 aliphatic rings. The van der Waals surface area contributed by atoms with Crippen molar-refractivity contribution in [2.24, 2.45) is 0 Å². The smallest absolute Gasteiger partial charge is 0.420 e. The summed E-state index contributed by atoms with van der Waals surface area (Å²) >= 11 is 0. The Balaban J connectivity index is 2.26. The first kappa shape index (κ1) is 14.7. The quantitative estimate of drug-likeness (QED) is 0.943. The molecule has 0 spiro atoms. The van der Waals surface area contributed by atoms with E-state index >= 15 is 0 Å². The van der Waals surface area contributed by atoms with E-state index in [0.29, 0.717) is 11.4 Å². The molecular formula is C14H10F3N3O. The number of hydrogen-bond donors (Lipinski definition) is 1. The Bertz CT molecular complexity index is 693. The van der Waals surface area contributed by atoms with Crippen LogP contribution in [-0.2, 0) is 12.8 Å². The molecule has 0 radical (unpaired) electrons. The van der Waals surface area contributed by atoms with Crippen molar-refractivity contribution in [3.05, 3.63) is 53.3 Å². The molecule has 1 aromatic carbocycles. The summed E-state index contributed by atoms with van der Waals surface area (Å²) in [6.45, 7) is -0.153. The maximum absolute atomic E-state index is 12.9. The van der Waals surface area contributed by atoms with Crippen LogP contribution in [0.25, 0.3) is 0 Å². The first-order valence-electron chi connectivity index (χ1n) is 5.84. The highest BCUT2D eigenvalue weighted by Crippen LogP contribution is 2.37. The summed E-state index contributed by atoms with van der Waals surface area (Å²) in [5.41, 5.74) is 5.33. The Labute approximate surface area is 118 Å². The number of ether oxygens (including phenoxy) is 1. The Morgan fingerprint density at radius 3 is 2.62 bits per heavy atom. The topological polar surface area (TPSA) is 71.9 Å². The first-order chi connectivity index (χ1) is 9.90. The SMILES string of the molecule is N#Cc1ccc(OCc2cc(N)ccn2)c(C(F)(F)F)c1. The summed E-state index contributed by atoms with van der Waals surface area (Å²) < 4.78 is 43.9. The zero-order valence-corrected chi connectivity index (χ0v) is 10.7. The summed E-state index contributed by atoms with van der Waals surface area (Å²) in [4.78, 5) is 3.94. The van der Waals surface area contributed by atoms with Gasteiger partial charge in [-0.3, -0.25) is 4.98 Å². The van der Waals surface area contributed by atoms with E-state index in [4.69, 9.17) is 15.7 Å². The summed E-state index contributed by atoms with van der Waals surface area (Å²) in [6, 6.07) is 7.87. The molecule has 2 aromatic rings. The number of rotatable bonds is 3. The number of benzene rings is 1. The van der Waals surface area contributed by atoms with Crippen molar-refractivity contribution in [2.45, 2.75) is 12.8 Å². The summed E-state index contributed by atoms with van der Waals surface area (Å²) in [6.07, 6.45) is -3.16. The number of alkyl halides is 3. The van der Waals surface area contributed by atoms with Gasteiger partial charge in [0.2, 0.25) is 0 Å². The fraction of sp³-hybridized carbons (Fsp3) is 0.143. The molecule has 0 amide bonds. The third kappa shape index (κ3) is 3.63. The number of anilines is 1. The lowest BCUT2D eigenvalue weighted by atomic mass is 10.1. The summed E-state index contributed by atoms with van der Waals surface area (Å²) in [5, 5.41) is 8.68. The Morgan fingerprint density at radius 1 is 1.24 bits per heavy atom. The predicted molar refractivity (Wildman–Crippen MR) is 69.1 cm³/mol. The Hall–Kier alpha value is -2.75. The van der Waals surface area contributed by atoms with E-state index < -0.39 is 11.7 Å². The van der Waals surface area contributed by atoms with Crippen LogP contribution in [0.4, 0.5) is 18.9 Å². The molecule has 0 fully saturated rings. The summed E-state index contributed by atoms with van der Waals surface area (Å²) in [7, 11) is 0. The number of nitrogens with zero attached hydrogens (tertiary/aromatic N) is 2. The van der Waals surface area contributed by atoms with Crippen LogP contribution in [0.1, 0.15) is 16.8 Å². The lowest BCUT2D eigenvalue weighted by Crippen LogP contribution is -2.09. The second-order valence-corrected chi connectivity index (χ2v) is 4.19.